The van der Waals surface area contributed by atoms with Crippen molar-refractivity contribution < 1.29 is 14.1 Å². The summed E-state index contributed by atoms with van der Waals surface area (Å²) in [4.78, 5) is 22.5. The Morgan fingerprint density at radius 1 is 1.33 bits per heavy atom. The lowest BCUT2D eigenvalue weighted by Gasteiger charge is -2.32. The first-order chi connectivity index (χ1) is 13.1. The number of H-pyrrole nitrogens is 1. The van der Waals surface area contributed by atoms with Crippen LogP contribution in [0.4, 0.5) is 0 Å². The Labute approximate surface area is 157 Å². The fourth-order valence-corrected chi connectivity index (χ4v) is 3.63. The molecule has 1 N–H and O–H groups in total. The second kappa shape index (κ2) is 6.90. The average molecular weight is 366 g/mol. The van der Waals surface area contributed by atoms with Gasteiger partial charge in [-0.15, -0.1) is 0 Å². The van der Waals surface area contributed by atoms with E-state index in [1.165, 1.54) is 0 Å². The number of ether oxygens (including phenoxy) is 1. The second-order valence-corrected chi connectivity index (χ2v) is 6.85. The number of aromatic amines is 1. The Hall–Kier alpha value is -3.09. The number of nitrogens with zero attached hydrogens (tertiary/aromatic N) is 3. The van der Waals surface area contributed by atoms with Gasteiger partial charge in [0, 0.05) is 18.0 Å². The third-order valence-electron chi connectivity index (χ3n) is 5.21. The Balaban J connectivity index is 1.60. The van der Waals surface area contributed by atoms with E-state index in [1.54, 1.807) is 13.4 Å². The average Bonchev–Trinajstić information content (AvgIpc) is 3.29. The SMILES string of the molecule is COc1ccc(C2CN(C(=O)Cc3c(C)noc3C)Cc3[nH]cnc32)cc1. The predicted octanol–water partition coefficient (Wildman–Crippen LogP) is 2.74. The quantitative estimate of drug-likeness (QED) is 0.767. The zero-order valence-electron chi connectivity index (χ0n) is 15.7. The van der Waals surface area contributed by atoms with Gasteiger partial charge in [0.2, 0.25) is 5.91 Å². The number of aryl methyl sites for hydroxylation is 2. The summed E-state index contributed by atoms with van der Waals surface area (Å²) in [5, 5.41) is 3.95. The van der Waals surface area contributed by atoms with Crippen molar-refractivity contribution in [3.8, 4) is 5.75 Å². The van der Waals surface area contributed by atoms with Crippen LogP contribution < -0.4 is 4.74 Å². The van der Waals surface area contributed by atoms with Crippen molar-refractivity contribution in [2.24, 2.45) is 0 Å². The molecule has 7 heteroatoms. The number of rotatable bonds is 4. The number of fused-ring (bicyclic) bond motifs is 1. The summed E-state index contributed by atoms with van der Waals surface area (Å²) < 4.78 is 10.4. The lowest BCUT2D eigenvalue weighted by Crippen LogP contribution is -2.39. The first-order valence-corrected chi connectivity index (χ1v) is 8.92. The fraction of sp³-hybridized carbons (Fsp3) is 0.350. The van der Waals surface area contributed by atoms with Crippen LogP contribution in [-0.2, 0) is 17.8 Å². The number of carbonyl (C=O) groups excluding carboxylic acids is 1. The molecule has 0 saturated heterocycles. The monoisotopic (exact) mass is 366 g/mol. The van der Waals surface area contributed by atoms with Crippen molar-refractivity contribution >= 4 is 5.91 Å². The van der Waals surface area contributed by atoms with E-state index < -0.39 is 0 Å². The summed E-state index contributed by atoms with van der Waals surface area (Å²) in [5.74, 6) is 1.60. The molecule has 7 nitrogen and oxygen atoms in total. The van der Waals surface area contributed by atoms with E-state index in [9.17, 15) is 4.79 Å². The van der Waals surface area contributed by atoms with Gasteiger partial charge in [0.25, 0.3) is 0 Å². The molecule has 3 aromatic rings. The van der Waals surface area contributed by atoms with Crippen molar-refractivity contribution in [2.45, 2.75) is 32.7 Å². The Morgan fingerprint density at radius 3 is 2.78 bits per heavy atom. The number of hydrogen-bond donors (Lipinski definition) is 1. The first kappa shape index (κ1) is 17.3. The zero-order chi connectivity index (χ0) is 19.0. The van der Waals surface area contributed by atoms with Gasteiger partial charge in [-0.25, -0.2) is 4.98 Å². The van der Waals surface area contributed by atoms with Crippen LogP contribution in [0.1, 0.15) is 39.9 Å². The van der Waals surface area contributed by atoms with Crippen LogP contribution in [0.15, 0.2) is 35.1 Å². The van der Waals surface area contributed by atoms with Crippen LogP contribution in [0, 0.1) is 13.8 Å². The molecule has 1 aliphatic rings. The number of amides is 1. The van der Waals surface area contributed by atoms with Gasteiger partial charge >= 0.3 is 0 Å². The highest BCUT2D eigenvalue weighted by atomic mass is 16.5. The van der Waals surface area contributed by atoms with E-state index >= 15 is 0 Å². The van der Waals surface area contributed by atoms with Crippen LogP contribution >= 0.6 is 0 Å². The molecule has 0 saturated carbocycles. The fourth-order valence-electron chi connectivity index (χ4n) is 3.63. The van der Waals surface area contributed by atoms with Crippen molar-refractivity contribution in [1.82, 2.24) is 20.0 Å². The van der Waals surface area contributed by atoms with Gasteiger partial charge < -0.3 is 19.1 Å². The second-order valence-electron chi connectivity index (χ2n) is 6.85. The summed E-state index contributed by atoms with van der Waals surface area (Å²) in [7, 11) is 1.65. The highest BCUT2D eigenvalue weighted by Crippen LogP contribution is 2.32. The van der Waals surface area contributed by atoms with Crippen LogP contribution in [-0.4, -0.2) is 39.6 Å². The molecule has 4 rings (SSSR count). The number of aromatic nitrogens is 3. The molecule has 1 aliphatic heterocycles. The minimum absolute atomic E-state index is 0.0273. The Kier molecular flexibility index (Phi) is 4.43. The molecule has 3 heterocycles. The molecular formula is C20H22N4O3. The summed E-state index contributed by atoms with van der Waals surface area (Å²) in [6.45, 7) is 4.82. The van der Waals surface area contributed by atoms with Crippen LogP contribution in [0.25, 0.3) is 0 Å². The molecule has 0 bridgehead atoms. The molecule has 1 aromatic carbocycles. The minimum Gasteiger partial charge on any atom is -0.497 e. The third-order valence-corrected chi connectivity index (χ3v) is 5.21. The zero-order valence-corrected chi connectivity index (χ0v) is 15.7. The van der Waals surface area contributed by atoms with E-state index in [0.29, 0.717) is 25.3 Å². The van der Waals surface area contributed by atoms with Gasteiger partial charge in [0.15, 0.2) is 0 Å². The Bertz CT molecular complexity index is 939. The largest absolute Gasteiger partial charge is 0.497 e. The molecule has 0 aliphatic carbocycles. The smallest absolute Gasteiger partial charge is 0.227 e. The van der Waals surface area contributed by atoms with Gasteiger partial charge in [0.1, 0.15) is 11.5 Å². The summed E-state index contributed by atoms with van der Waals surface area (Å²) in [6, 6.07) is 7.94. The van der Waals surface area contributed by atoms with Gasteiger partial charge in [-0.3, -0.25) is 4.79 Å². The van der Waals surface area contributed by atoms with Crippen LogP contribution in [0.3, 0.4) is 0 Å². The number of nitrogens with one attached hydrogen (secondary N) is 1. The van der Waals surface area contributed by atoms with Crippen molar-refractivity contribution in [3.05, 3.63) is 64.6 Å². The molecule has 1 atom stereocenters. The summed E-state index contributed by atoms with van der Waals surface area (Å²) in [6.07, 6.45) is 1.99. The topological polar surface area (TPSA) is 84.2 Å². The molecule has 0 spiro atoms. The maximum atomic E-state index is 13.0. The van der Waals surface area contributed by atoms with E-state index in [4.69, 9.17) is 9.26 Å². The van der Waals surface area contributed by atoms with E-state index in [1.807, 2.05) is 43.0 Å². The van der Waals surface area contributed by atoms with Crippen molar-refractivity contribution in [3.63, 3.8) is 0 Å². The number of hydrogen-bond acceptors (Lipinski definition) is 5. The molecule has 2 aromatic heterocycles. The standard InChI is InChI=1S/C20H22N4O3/c1-12-16(13(2)27-23-12)8-19(25)24-9-17(20-18(10-24)21-11-22-20)14-4-6-15(26-3)7-5-14/h4-7,11,17H,8-10H2,1-3H3,(H,21,22). The van der Waals surface area contributed by atoms with Crippen molar-refractivity contribution in [1.29, 1.82) is 0 Å². The van der Waals surface area contributed by atoms with E-state index in [2.05, 4.69) is 15.1 Å². The number of imidazole rings is 1. The molecule has 1 amide bonds. The molecule has 27 heavy (non-hydrogen) atoms. The molecular weight excluding hydrogens is 344 g/mol. The van der Waals surface area contributed by atoms with E-state index in [-0.39, 0.29) is 11.8 Å². The van der Waals surface area contributed by atoms with Crippen molar-refractivity contribution in [2.75, 3.05) is 13.7 Å². The molecule has 1 unspecified atom stereocenters. The number of methoxy groups -OCH3 is 1. The summed E-state index contributed by atoms with van der Waals surface area (Å²) >= 11 is 0. The van der Waals surface area contributed by atoms with Crippen LogP contribution in [0.2, 0.25) is 0 Å². The normalized spacial score (nSPS) is 16.3. The van der Waals surface area contributed by atoms with Gasteiger partial charge in [0.05, 0.1) is 43.5 Å². The Morgan fingerprint density at radius 2 is 2.11 bits per heavy atom. The highest BCUT2D eigenvalue weighted by Gasteiger charge is 2.32. The lowest BCUT2D eigenvalue weighted by atomic mass is 9.90. The lowest BCUT2D eigenvalue weighted by molar-refractivity contribution is -0.131. The highest BCUT2D eigenvalue weighted by molar-refractivity contribution is 5.79. The maximum Gasteiger partial charge on any atom is 0.227 e. The summed E-state index contributed by atoms with van der Waals surface area (Å²) in [5.41, 5.74) is 4.73. The minimum atomic E-state index is 0.0273. The van der Waals surface area contributed by atoms with Gasteiger partial charge in [-0.2, -0.15) is 0 Å². The predicted molar refractivity (Wildman–Crippen MR) is 98.5 cm³/mol. The molecule has 0 radical (unpaired) electrons. The van der Waals surface area contributed by atoms with Gasteiger partial charge in [-0.05, 0) is 31.5 Å². The molecule has 140 valence electrons. The number of benzene rings is 1. The third kappa shape index (κ3) is 3.20. The van der Waals surface area contributed by atoms with Crippen LogP contribution in [0.5, 0.6) is 5.75 Å². The van der Waals surface area contributed by atoms with Gasteiger partial charge in [-0.1, -0.05) is 17.3 Å². The number of carbonyl (C=O) groups is 1. The first-order valence-electron chi connectivity index (χ1n) is 8.92. The maximum absolute atomic E-state index is 13.0. The molecule has 0 fully saturated rings. The van der Waals surface area contributed by atoms with E-state index in [0.717, 1.165) is 34.0 Å².